The summed E-state index contributed by atoms with van der Waals surface area (Å²) < 4.78 is 45.3. The Hall–Kier alpha value is -2.40. The fourth-order valence-corrected chi connectivity index (χ4v) is 6.13. The zero-order valence-corrected chi connectivity index (χ0v) is 20.7. The lowest BCUT2D eigenvalue weighted by Gasteiger charge is -2.27. The normalized spacial score (nSPS) is 15.0. The van der Waals surface area contributed by atoms with Gasteiger partial charge in [-0.05, 0) is 54.8 Å². The highest BCUT2D eigenvalue weighted by Crippen LogP contribution is 2.30. The van der Waals surface area contributed by atoms with E-state index in [2.05, 4.69) is 22.9 Å². The Labute approximate surface area is 203 Å². The minimum absolute atomic E-state index is 0.0765. The van der Waals surface area contributed by atoms with E-state index < -0.39 is 27.3 Å². The highest BCUT2D eigenvalue weighted by Gasteiger charge is 2.27. The number of aryl methyl sites for hydroxylation is 1. The Morgan fingerprint density at radius 3 is 2.62 bits per heavy atom. The molecule has 1 aliphatic heterocycles. The van der Waals surface area contributed by atoms with Crippen LogP contribution in [-0.4, -0.2) is 69.4 Å². The number of ether oxygens (including phenoxy) is 1. The molecule has 0 unspecified atom stereocenters. The first-order chi connectivity index (χ1) is 16.4. The third-order valence-corrected chi connectivity index (χ3v) is 8.49. The second kappa shape index (κ2) is 10.9. The lowest BCUT2D eigenvalue weighted by atomic mass is 10.2. The third kappa shape index (κ3) is 5.99. The number of halogens is 1. The molecule has 0 N–H and O–H groups in total. The molecule has 2 aromatic carbocycles. The molecule has 1 amide bonds. The van der Waals surface area contributed by atoms with Crippen LogP contribution in [0.3, 0.4) is 0 Å². The van der Waals surface area contributed by atoms with Crippen LogP contribution in [0.1, 0.15) is 18.9 Å². The van der Waals surface area contributed by atoms with Crippen molar-refractivity contribution in [2.45, 2.75) is 24.7 Å². The molecule has 0 aliphatic carbocycles. The van der Waals surface area contributed by atoms with Crippen LogP contribution in [0.2, 0.25) is 0 Å². The topological polar surface area (TPSA) is 79.8 Å². The standard InChI is InChI=1S/C24H28FN3O4S2/c1-2-18-4-9-21-22(16-18)33-24(26-21)28(11-3-10-27-12-14-32-15-13-27)23(29)17-34(30,31)20-7-5-19(25)6-8-20/h4-9,16H,2-3,10-15,17H2,1H3. The van der Waals surface area contributed by atoms with Gasteiger partial charge in [0.15, 0.2) is 15.0 Å². The van der Waals surface area contributed by atoms with Crippen LogP contribution in [0.15, 0.2) is 47.4 Å². The molecule has 0 bridgehead atoms. The fourth-order valence-electron chi connectivity index (χ4n) is 3.86. The minimum Gasteiger partial charge on any atom is -0.379 e. The zero-order chi connectivity index (χ0) is 24.1. The number of aromatic nitrogens is 1. The van der Waals surface area contributed by atoms with Crippen LogP contribution in [0.25, 0.3) is 10.2 Å². The van der Waals surface area contributed by atoms with Gasteiger partial charge in [-0.15, -0.1) is 0 Å². The van der Waals surface area contributed by atoms with Crippen molar-refractivity contribution in [1.82, 2.24) is 9.88 Å². The fraction of sp³-hybridized carbons (Fsp3) is 0.417. The zero-order valence-electron chi connectivity index (χ0n) is 19.1. The molecular weight excluding hydrogens is 477 g/mol. The molecule has 4 rings (SSSR count). The number of fused-ring (bicyclic) bond motifs is 1. The number of thiazole rings is 1. The van der Waals surface area contributed by atoms with Crippen LogP contribution in [-0.2, 0) is 25.8 Å². The molecule has 1 aliphatic rings. The molecule has 2 heterocycles. The number of carbonyl (C=O) groups is 1. The maximum Gasteiger partial charge on any atom is 0.244 e. The van der Waals surface area contributed by atoms with Gasteiger partial charge in [-0.1, -0.05) is 24.3 Å². The molecule has 1 aromatic heterocycles. The number of carbonyl (C=O) groups excluding carboxylic acids is 1. The minimum atomic E-state index is -3.92. The summed E-state index contributed by atoms with van der Waals surface area (Å²) in [5.41, 5.74) is 1.95. The Morgan fingerprint density at radius 2 is 1.91 bits per heavy atom. The van der Waals surface area contributed by atoms with Crippen LogP contribution in [0, 0.1) is 5.82 Å². The highest BCUT2D eigenvalue weighted by atomic mass is 32.2. The van der Waals surface area contributed by atoms with E-state index in [1.807, 2.05) is 12.1 Å². The maximum absolute atomic E-state index is 13.3. The SMILES string of the molecule is CCc1ccc2nc(N(CCCN3CCOCC3)C(=O)CS(=O)(=O)c3ccc(F)cc3)sc2c1. The van der Waals surface area contributed by atoms with Crippen molar-refractivity contribution in [1.29, 1.82) is 0 Å². The number of hydrogen-bond acceptors (Lipinski definition) is 7. The molecule has 0 spiro atoms. The number of amides is 1. The lowest BCUT2D eigenvalue weighted by Crippen LogP contribution is -2.40. The summed E-state index contributed by atoms with van der Waals surface area (Å²) in [6, 6.07) is 10.5. The number of sulfone groups is 1. The van der Waals surface area contributed by atoms with Gasteiger partial charge in [-0.3, -0.25) is 14.6 Å². The number of morpholine rings is 1. The van der Waals surface area contributed by atoms with Gasteiger partial charge in [0.25, 0.3) is 0 Å². The average molecular weight is 506 g/mol. The Balaban J connectivity index is 1.55. The van der Waals surface area contributed by atoms with Crippen molar-refractivity contribution in [3.63, 3.8) is 0 Å². The number of benzene rings is 2. The summed E-state index contributed by atoms with van der Waals surface area (Å²) in [5.74, 6) is -1.77. The van der Waals surface area contributed by atoms with Crippen LogP contribution in [0.5, 0.6) is 0 Å². The molecular formula is C24H28FN3O4S2. The summed E-state index contributed by atoms with van der Waals surface area (Å²) in [6.45, 7) is 6.28. The van der Waals surface area contributed by atoms with Crippen molar-refractivity contribution in [2.75, 3.05) is 50.0 Å². The van der Waals surface area contributed by atoms with E-state index in [9.17, 15) is 17.6 Å². The monoisotopic (exact) mass is 505 g/mol. The smallest absolute Gasteiger partial charge is 0.244 e. The van der Waals surface area contributed by atoms with Crippen molar-refractivity contribution >= 4 is 42.4 Å². The van der Waals surface area contributed by atoms with Crippen molar-refractivity contribution < 1.29 is 22.3 Å². The largest absolute Gasteiger partial charge is 0.379 e. The van der Waals surface area contributed by atoms with E-state index in [1.165, 1.54) is 33.9 Å². The van der Waals surface area contributed by atoms with Crippen molar-refractivity contribution in [3.05, 3.63) is 53.8 Å². The van der Waals surface area contributed by atoms with Crippen molar-refractivity contribution in [2.24, 2.45) is 0 Å². The van der Waals surface area contributed by atoms with Gasteiger partial charge >= 0.3 is 0 Å². The summed E-state index contributed by atoms with van der Waals surface area (Å²) >= 11 is 1.39. The van der Waals surface area contributed by atoms with E-state index >= 15 is 0 Å². The maximum atomic E-state index is 13.3. The van der Waals surface area contributed by atoms with E-state index in [1.54, 1.807) is 0 Å². The number of nitrogens with zero attached hydrogens (tertiary/aromatic N) is 3. The Morgan fingerprint density at radius 1 is 1.18 bits per heavy atom. The van der Waals surface area contributed by atoms with E-state index in [0.29, 0.717) is 31.3 Å². The molecule has 3 aromatic rings. The number of rotatable bonds is 9. The lowest BCUT2D eigenvalue weighted by molar-refractivity contribution is -0.116. The van der Waals surface area contributed by atoms with E-state index in [0.717, 1.165) is 48.4 Å². The van der Waals surface area contributed by atoms with E-state index in [-0.39, 0.29) is 4.90 Å². The first-order valence-electron chi connectivity index (χ1n) is 11.3. The number of anilines is 1. The molecule has 0 atom stereocenters. The van der Waals surface area contributed by atoms with Crippen LogP contribution < -0.4 is 4.90 Å². The van der Waals surface area contributed by atoms with E-state index in [4.69, 9.17) is 4.74 Å². The molecule has 1 saturated heterocycles. The second-order valence-electron chi connectivity index (χ2n) is 8.22. The first kappa shape index (κ1) is 24.7. The molecule has 0 radical (unpaired) electrons. The highest BCUT2D eigenvalue weighted by molar-refractivity contribution is 7.92. The van der Waals surface area contributed by atoms with Gasteiger partial charge in [-0.2, -0.15) is 0 Å². The van der Waals surface area contributed by atoms with Gasteiger partial charge in [0.2, 0.25) is 5.91 Å². The predicted octanol–water partition coefficient (Wildman–Crippen LogP) is 3.53. The predicted molar refractivity (Wildman–Crippen MR) is 132 cm³/mol. The molecule has 1 fully saturated rings. The quantitative estimate of drug-likeness (QED) is 0.414. The van der Waals surface area contributed by atoms with Gasteiger partial charge in [0.05, 0.1) is 28.3 Å². The third-order valence-electron chi connectivity index (χ3n) is 5.83. The van der Waals surface area contributed by atoms with Crippen molar-refractivity contribution in [3.8, 4) is 0 Å². The molecule has 0 saturated carbocycles. The van der Waals surface area contributed by atoms with Gasteiger partial charge in [-0.25, -0.2) is 17.8 Å². The van der Waals surface area contributed by atoms with Gasteiger partial charge in [0.1, 0.15) is 11.6 Å². The summed E-state index contributed by atoms with van der Waals surface area (Å²) in [4.78, 5) is 21.6. The Kier molecular flexibility index (Phi) is 7.92. The van der Waals surface area contributed by atoms with Crippen LogP contribution >= 0.6 is 11.3 Å². The molecule has 10 heteroatoms. The van der Waals surface area contributed by atoms with Crippen LogP contribution in [0.4, 0.5) is 9.52 Å². The summed E-state index contributed by atoms with van der Waals surface area (Å²) in [5, 5.41) is 0.490. The number of hydrogen-bond donors (Lipinski definition) is 0. The average Bonchev–Trinajstić information content (AvgIpc) is 3.25. The Bertz CT molecular complexity index is 1240. The summed E-state index contributed by atoms with van der Waals surface area (Å²) in [7, 11) is -3.92. The molecule has 7 nitrogen and oxygen atoms in total. The molecule has 34 heavy (non-hydrogen) atoms. The molecule has 182 valence electrons. The second-order valence-corrected chi connectivity index (χ2v) is 11.2. The summed E-state index contributed by atoms with van der Waals surface area (Å²) in [6.07, 6.45) is 1.57. The van der Waals surface area contributed by atoms with Gasteiger partial charge < -0.3 is 4.74 Å². The first-order valence-corrected chi connectivity index (χ1v) is 13.8. The van der Waals surface area contributed by atoms with Gasteiger partial charge in [0, 0.05) is 26.2 Å².